The first-order valence-electron chi connectivity index (χ1n) is 8.60. The molecule has 3 rings (SSSR count). The number of halogens is 2. The van der Waals surface area contributed by atoms with E-state index in [1.54, 1.807) is 6.21 Å². The van der Waals surface area contributed by atoms with Gasteiger partial charge in [0.05, 0.1) is 9.78 Å². The molecule has 5 nitrogen and oxygen atoms in total. The molecule has 0 radical (unpaired) electrons. The summed E-state index contributed by atoms with van der Waals surface area (Å²) in [6.45, 7) is 3.91. The van der Waals surface area contributed by atoms with Crippen LogP contribution in [-0.2, 0) is 4.79 Å². The van der Waals surface area contributed by atoms with Gasteiger partial charge >= 0.3 is 0 Å². The molecule has 0 unspecified atom stereocenters. The van der Waals surface area contributed by atoms with E-state index in [4.69, 9.17) is 16.3 Å². The van der Waals surface area contributed by atoms with Crippen molar-refractivity contribution >= 4 is 46.3 Å². The van der Waals surface area contributed by atoms with Crippen LogP contribution in [0.25, 0.3) is 5.69 Å². The van der Waals surface area contributed by atoms with Crippen molar-refractivity contribution in [3.8, 4) is 11.4 Å². The van der Waals surface area contributed by atoms with E-state index < -0.39 is 0 Å². The summed E-state index contributed by atoms with van der Waals surface area (Å²) in [5, 5.41) is 4.74. The predicted octanol–water partition coefficient (Wildman–Crippen LogP) is 4.88. The number of hydrogen-bond donors (Lipinski definition) is 1. The second-order valence-electron chi connectivity index (χ2n) is 6.15. The number of aryl methyl sites for hydroxylation is 1. The van der Waals surface area contributed by atoms with Crippen LogP contribution in [0.3, 0.4) is 0 Å². The fourth-order valence-electron chi connectivity index (χ4n) is 2.84. The SMILES string of the molecule is Cc1cc(/C=N/NC(=O)COc2ccccc2I)c(C)n1-c1cccc(Cl)c1. The van der Waals surface area contributed by atoms with Crippen LogP contribution in [0, 0.1) is 17.4 Å². The average Bonchev–Trinajstić information content (AvgIpc) is 2.94. The van der Waals surface area contributed by atoms with Crippen molar-refractivity contribution in [1.29, 1.82) is 0 Å². The number of rotatable bonds is 6. The number of amides is 1. The van der Waals surface area contributed by atoms with Gasteiger partial charge < -0.3 is 9.30 Å². The Labute approximate surface area is 182 Å². The van der Waals surface area contributed by atoms with Crippen molar-refractivity contribution in [1.82, 2.24) is 9.99 Å². The van der Waals surface area contributed by atoms with Crippen LogP contribution in [0.15, 0.2) is 59.7 Å². The number of carbonyl (C=O) groups excluding carboxylic acids is 1. The molecule has 0 spiro atoms. The lowest BCUT2D eigenvalue weighted by Gasteiger charge is -2.09. The first kappa shape index (κ1) is 20.4. The van der Waals surface area contributed by atoms with Crippen molar-refractivity contribution in [3.05, 3.63) is 80.1 Å². The lowest BCUT2D eigenvalue weighted by atomic mass is 10.2. The van der Waals surface area contributed by atoms with E-state index in [-0.39, 0.29) is 12.5 Å². The maximum absolute atomic E-state index is 12.0. The van der Waals surface area contributed by atoms with Crippen LogP contribution in [0.2, 0.25) is 5.02 Å². The monoisotopic (exact) mass is 507 g/mol. The number of benzene rings is 2. The second kappa shape index (κ2) is 9.25. The molecule has 0 saturated heterocycles. The molecule has 1 N–H and O–H groups in total. The molecule has 2 aromatic carbocycles. The predicted molar refractivity (Wildman–Crippen MR) is 121 cm³/mol. The normalized spacial score (nSPS) is 11.0. The summed E-state index contributed by atoms with van der Waals surface area (Å²) in [5.41, 5.74) is 6.45. The zero-order valence-electron chi connectivity index (χ0n) is 15.4. The van der Waals surface area contributed by atoms with E-state index in [0.29, 0.717) is 10.8 Å². The topological polar surface area (TPSA) is 55.6 Å². The van der Waals surface area contributed by atoms with Crippen LogP contribution in [-0.4, -0.2) is 23.3 Å². The molecular weight excluding hydrogens is 489 g/mol. The van der Waals surface area contributed by atoms with Crippen molar-refractivity contribution in [2.24, 2.45) is 5.10 Å². The van der Waals surface area contributed by atoms with Crippen LogP contribution in [0.5, 0.6) is 5.75 Å². The van der Waals surface area contributed by atoms with Gasteiger partial charge in [0.1, 0.15) is 5.75 Å². The fraction of sp³-hybridized carbons (Fsp3) is 0.143. The highest BCUT2D eigenvalue weighted by atomic mass is 127. The molecule has 0 aliphatic rings. The minimum Gasteiger partial charge on any atom is -0.483 e. The molecule has 0 bridgehead atoms. The Balaban J connectivity index is 1.64. The van der Waals surface area contributed by atoms with Crippen LogP contribution < -0.4 is 10.2 Å². The number of nitrogens with one attached hydrogen (secondary N) is 1. The molecule has 0 fully saturated rings. The van der Waals surface area contributed by atoms with E-state index in [1.165, 1.54) is 0 Å². The molecular formula is C21H19ClIN3O2. The summed E-state index contributed by atoms with van der Waals surface area (Å²) >= 11 is 8.27. The number of para-hydroxylation sites is 1. The lowest BCUT2D eigenvalue weighted by Crippen LogP contribution is -2.24. The first-order chi connectivity index (χ1) is 13.5. The molecule has 7 heteroatoms. The molecule has 0 atom stereocenters. The van der Waals surface area contributed by atoms with Crippen LogP contribution >= 0.6 is 34.2 Å². The van der Waals surface area contributed by atoms with Gasteiger partial charge in [-0.1, -0.05) is 29.8 Å². The van der Waals surface area contributed by atoms with Gasteiger partial charge in [0.2, 0.25) is 0 Å². The Bertz CT molecular complexity index is 1030. The minimum absolute atomic E-state index is 0.0983. The van der Waals surface area contributed by atoms with Gasteiger partial charge in [0.25, 0.3) is 5.91 Å². The summed E-state index contributed by atoms with van der Waals surface area (Å²) < 4.78 is 8.55. The van der Waals surface area contributed by atoms with Crippen molar-refractivity contribution in [3.63, 3.8) is 0 Å². The Morgan fingerprint density at radius 1 is 1.21 bits per heavy atom. The number of carbonyl (C=O) groups is 1. The lowest BCUT2D eigenvalue weighted by molar-refractivity contribution is -0.123. The van der Waals surface area contributed by atoms with E-state index in [0.717, 1.165) is 26.2 Å². The Kier molecular flexibility index (Phi) is 6.74. The van der Waals surface area contributed by atoms with Crippen LogP contribution in [0.1, 0.15) is 17.0 Å². The molecule has 0 aliphatic carbocycles. The maximum Gasteiger partial charge on any atom is 0.277 e. The van der Waals surface area contributed by atoms with E-state index in [1.807, 2.05) is 68.4 Å². The van der Waals surface area contributed by atoms with Crippen molar-refractivity contribution in [2.75, 3.05) is 6.61 Å². The molecule has 1 amide bonds. The number of hydrazone groups is 1. The van der Waals surface area contributed by atoms with Gasteiger partial charge in [-0.05, 0) is 72.8 Å². The third-order valence-electron chi connectivity index (χ3n) is 4.12. The zero-order chi connectivity index (χ0) is 20.1. The molecule has 1 aromatic heterocycles. The highest BCUT2D eigenvalue weighted by Crippen LogP contribution is 2.22. The van der Waals surface area contributed by atoms with Gasteiger partial charge in [-0.25, -0.2) is 5.43 Å². The highest BCUT2D eigenvalue weighted by Gasteiger charge is 2.10. The number of hydrogen-bond acceptors (Lipinski definition) is 3. The molecule has 1 heterocycles. The van der Waals surface area contributed by atoms with Gasteiger partial charge in [-0.2, -0.15) is 5.10 Å². The fourth-order valence-corrected chi connectivity index (χ4v) is 3.57. The molecule has 0 saturated carbocycles. The standard InChI is InChI=1S/C21H19ClIN3O2/c1-14-10-16(15(2)26(14)18-7-5-6-17(22)11-18)12-24-25-21(27)13-28-20-9-4-3-8-19(20)23/h3-12H,13H2,1-2H3,(H,25,27)/b24-12+. The quantitative estimate of drug-likeness (QED) is 0.294. The van der Waals surface area contributed by atoms with Crippen molar-refractivity contribution < 1.29 is 9.53 Å². The molecule has 3 aromatic rings. The number of ether oxygens (including phenoxy) is 1. The minimum atomic E-state index is -0.320. The Hall–Kier alpha value is -2.32. The Morgan fingerprint density at radius 3 is 2.75 bits per heavy atom. The van der Waals surface area contributed by atoms with Gasteiger partial charge in [-0.15, -0.1) is 0 Å². The number of nitrogens with zero attached hydrogens (tertiary/aromatic N) is 2. The second-order valence-corrected chi connectivity index (χ2v) is 7.75. The summed E-state index contributed by atoms with van der Waals surface area (Å²) in [6.07, 6.45) is 1.63. The molecule has 0 aliphatic heterocycles. The first-order valence-corrected chi connectivity index (χ1v) is 10.1. The van der Waals surface area contributed by atoms with Gasteiger partial charge in [0.15, 0.2) is 6.61 Å². The molecule has 28 heavy (non-hydrogen) atoms. The highest BCUT2D eigenvalue weighted by molar-refractivity contribution is 14.1. The third kappa shape index (κ3) is 4.94. The third-order valence-corrected chi connectivity index (χ3v) is 5.25. The zero-order valence-corrected chi connectivity index (χ0v) is 18.4. The molecule has 144 valence electrons. The van der Waals surface area contributed by atoms with Gasteiger partial charge in [0, 0.05) is 27.7 Å². The van der Waals surface area contributed by atoms with E-state index >= 15 is 0 Å². The summed E-state index contributed by atoms with van der Waals surface area (Å²) in [7, 11) is 0. The van der Waals surface area contributed by atoms with E-state index in [9.17, 15) is 4.79 Å². The largest absolute Gasteiger partial charge is 0.483 e. The average molecular weight is 508 g/mol. The Morgan fingerprint density at radius 2 is 2.00 bits per heavy atom. The maximum atomic E-state index is 12.0. The van der Waals surface area contributed by atoms with Gasteiger partial charge in [-0.3, -0.25) is 4.79 Å². The number of aromatic nitrogens is 1. The smallest absolute Gasteiger partial charge is 0.277 e. The van der Waals surface area contributed by atoms with E-state index in [2.05, 4.69) is 37.7 Å². The van der Waals surface area contributed by atoms with Crippen LogP contribution in [0.4, 0.5) is 0 Å². The van der Waals surface area contributed by atoms with Crippen molar-refractivity contribution in [2.45, 2.75) is 13.8 Å². The summed E-state index contributed by atoms with van der Waals surface area (Å²) in [5.74, 6) is 0.354. The summed E-state index contributed by atoms with van der Waals surface area (Å²) in [4.78, 5) is 12.0. The summed E-state index contributed by atoms with van der Waals surface area (Å²) in [6, 6.07) is 17.2.